The van der Waals surface area contributed by atoms with Crippen molar-refractivity contribution >= 4 is 23.5 Å². The standard InChI is InChI=1S/C26H39N5O4/c1-17(2)35-24(32)16-30-15-19-9-10-20(14-21(19)29-26(30)28)34-13-11-23(25(27)33)31-12-5-7-18-6-3-4-8-22(18)31/h9-10,14,17-18,22-23H,3-8,11-13,15-16H2,1-2H3,(H2,27,33)(H2,28,29). The molecule has 9 heteroatoms. The molecule has 4 rings (SSSR count). The van der Waals surface area contributed by atoms with Gasteiger partial charge in [-0.1, -0.05) is 18.9 Å². The van der Waals surface area contributed by atoms with E-state index in [1.54, 1.807) is 4.90 Å². The van der Waals surface area contributed by atoms with Gasteiger partial charge in [0.1, 0.15) is 12.3 Å². The molecule has 1 saturated heterocycles. The second-order valence-corrected chi connectivity index (χ2v) is 10.2. The highest BCUT2D eigenvalue weighted by atomic mass is 16.5. The monoisotopic (exact) mass is 485 g/mol. The molecule has 0 aromatic heterocycles. The Kier molecular flexibility index (Phi) is 8.15. The summed E-state index contributed by atoms with van der Waals surface area (Å²) < 4.78 is 11.2. The molecule has 0 radical (unpaired) electrons. The summed E-state index contributed by atoms with van der Waals surface area (Å²) in [6, 6.07) is 5.84. The number of carbonyl (C=O) groups excluding carboxylic acids is 2. The zero-order valence-corrected chi connectivity index (χ0v) is 20.9. The third-order valence-electron chi connectivity index (χ3n) is 7.34. The number of fused-ring (bicyclic) bond motifs is 2. The molecule has 0 spiro atoms. The molecule has 3 unspecified atom stereocenters. The lowest BCUT2D eigenvalue weighted by Gasteiger charge is -2.46. The van der Waals surface area contributed by atoms with Crippen molar-refractivity contribution in [3.63, 3.8) is 0 Å². The van der Waals surface area contributed by atoms with Crippen molar-refractivity contribution in [3.8, 4) is 5.75 Å². The maximum atomic E-state index is 12.4. The Morgan fingerprint density at radius 3 is 2.71 bits per heavy atom. The third-order valence-corrected chi connectivity index (χ3v) is 7.34. The molecule has 2 heterocycles. The minimum absolute atomic E-state index is 0.0536. The molecule has 1 aromatic rings. The lowest BCUT2D eigenvalue weighted by Crippen LogP contribution is -2.56. The number of hydrogen-bond donors (Lipinski definition) is 2. The van der Waals surface area contributed by atoms with Gasteiger partial charge < -0.3 is 25.8 Å². The van der Waals surface area contributed by atoms with Gasteiger partial charge in [0.15, 0.2) is 5.96 Å². The van der Waals surface area contributed by atoms with Crippen LogP contribution in [0.1, 0.15) is 64.4 Å². The topological polar surface area (TPSA) is 123 Å². The number of piperidine rings is 1. The summed E-state index contributed by atoms with van der Waals surface area (Å²) in [4.78, 5) is 32.9. The SMILES string of the molecule is CC(C)OC(=O)CN1Cc2ccc(OCCC(C(N)=O)N3CCCC4CCCCC43)cc2N=C1N. The van der Waals surface area contributed by atoms with E-state index in [0.717, 1.165) is 30.6 Å². The number of amides is 1. The second kappa shape index (κ2) is 11.3. The first kappa shape index (κ1) is 25.3. The van der Waals surface area contributed by atoms with E-state index in [-0.39, 0.29) is 36.5 Å². The molecule has 3 aliphatic rings. The van der Waals surface area contributed by atoms with Crippen LogP contribution in [0.4, 0.5) is 5.69 Å². The zero-order valence-electron chi connectivity index (χ0n) is 20.9. The van der Waals surface area contributed by atoms with E-state index in [9.17, 15) is 9.59 Å². The van der Waals surface area contributed by atoms with E-state index in [4.69, 9.17) is 20.9 Å². The van der Waals surface area contributed by atoms with Gasteiger partial charge >= 0.3 is 5.97 Å². The van der Waals surface area contributed by atoms with Gasteiger partial charge in [0, 0.05) is 25.1 Å². The van der Waals surface area contributed by atoms with Gasteiger partial charge in [-0.2, -0.15) is 0 Å². The fourth-order valence-corrected chi connectivity index (χ4v) is 5.76. The van der Waals surface area contributed by atoms with Gasteiger partial charge in [0.05, 0.1) is 24.4 Å². The highest BCUT2D eigenvalue weighted by Gasteiger charge is 2.38. The van der Waals surface area contributed by atoms with Crippen LogP contribution in [0.2, 0.25) is 0 Å². The number of likely N-dealkylation sites (tertiary alicyclic amines) is 1. The van der Waals surface area contributed by atoms with Crippen LogP contribution in [-0.2, 0) is 20.9 Å². The largest absolute Gasteiger partial charge is 0.493 e. The second-order valence-electron chi connectivity index (χ2n) is 10.2. The summed E-state index contributed by atoms with van der Waals surface area (Å²) in [7, 11) is 0. The molecule has 192 valence electrons. The van der Waals surface area contributed by atoms with Crippen molar-refractivity contribution in [3.05, 3.63) is 23.8 Å². The van der Waals surface area contributed by atoms with Crippen LogP contribution in [0.5, 0.6) is 5.75 Å². The molecule has 1 aromatic carbocycles. The van der Waals surface area contributed by atoms with Crippen molar-refractivity contribution in [2.75, 3.05) is 19.7 Å². The Balaban J connectivity index is 1.35. The molecule has 3 atom stereocenters. The Labute approximate surface area is 207 Å². The van der Waals surface area contributed by atoms with Crippen molar-refractivity contribution < 1.29 is 19.1 Å². The minimum atomic E-state index is -0.334. The third kappa shape index (κ3) is 6.25. The highest BCUT2D eigenvalue weighted by Crippen LogP contribution is 2.37. The lowest BCUT2D eigenvalue weighted by molar-refractivity contribution is -0.147. The number of esters is 1. The fourth-order valence-electron chi connectivity index (χ4n) is 5.76. The molecule has 1 saturated carbocycles. The minimum Gasteiger partial charge on any atom is -0.493 e. The maximum absolute atomic E-state index is 12.4. The molecule has 1 aliphatic carbocycles. The Morgan fingerprint density at radius 1 is 1.17 bits per heavy atom. The summed E-state index contributed by atoms with van der Waals surface area (Å²) in [6.45, 7) is 5.48. The van der Waals surface area contributed by atoms with Crippen LogP contribution < -0.4 is 16.2 Å². The average molecular weight is 486 g/mol. The summed E-state index contributed by atoms with van der Waals surface area (Å²) in [5.74, 6) is 1.04. The Bertz CT molecular complexity index is 948. The number of primary amides is 1. The van der Waals surface area contributed by atoms with Gasteiger partial charge in [-0.05, 0) is 63.6 Å². The number of nitrogens with two attached hydrogens (primary N) is 2. The van der Waals surface area contributed by atoms with Crippen LogP contribution >= 0.6 is 0 Å². The van der Waals surface area contributed by atoms with Crippen molar-refractivity contribution in [2.45, 2.75) is 83.5 Å². The van der Waals surface area contributed by atoms with Crippen LogP contribution in [0, 0.1) is 5.92 Å². The molecule has 35 heavy (non-hydrogen) atoms. The normalized spacial score (nSPS) is 23.2. The number of aliphatic imine (C=N–C) groups is 1. The van der Waals surface area contributed by atoms with Crippen LogP contribution in [0.25, 0.3) is 0 Å². The van der Waals surface area contributed by atoms with E-state index < -0.39 is 0 Å². The summed E-state index contributed by atoms with van der Waals surface area (Å²) in [5, 5.41) is 0. The predicted octanol–water partition coefficient (Wildman–Crippen LogP) is 2.68. The highest BCUT2D eigenvalue weighted by molar-refractivity contribution is 5.87. The van der Waals surface area contributed by atoms with Crippen molar-refractivity contribution in [2.24, 2.45) is 22.4 Å². The molecule has 2 aliphatic heterocycles. The number of hydrogen-bond acceptors (Lipinski definition) is 8. The number of carbonyl (C=O) groups is 2. The van der Waals surface area contributed by atoms with Crippen molar-refractivity contribution in [1.82, 2.24) is 9.80 Å². The van der Waals surface area contributed by atoms with E-state index >= 15 is 0 Å². The molecular formula is C26H39N5O4. The first-order chi connectivity index (χ1) is 16.8. The van der Waals surface area contributed by atoms with Gasteiger partial charge in [-0.3, -0.25) is 14.5 Å². The Hall–Kier alpha value is -2.81. The summed E-state index contributed by atoms with van der Waals surface area (Å²) in [6.07, 6.45) is 7.72. The number of nitrogens with zero attached hydrogens (tertiary/aromatic N) is 3. The summed E-state index contributed by atoms with van der Waals surface area (Å²) >= 11 is 0. The van der Waals surface area contributed by atoms with Crippen LogP contribution in [-0.4, -0.2) is 65.5 Å². The number of rotatable bonds is 9. The van der Waals surface area contributed by atoms with Gasteiger partial charge in [0.2, 0.25) is 5.91 Å². The quantitative estimate of drug-likeness (QED) is 0.515. The first-order valence-electron chi connectivity index (χ1n) is 12.9. The van der Waals surface area contributed by atoms with Gasteiger partial charge in [-0.25, -0.2) is 4.99 Å². The zero-order chi connectivity index (χ0) is 24.9. The van der Waals surface area contributed by atoms with Gasteiger partial charge in [0.25, 0.3) is 0 Å². The molecular weight excluding hydrogens is 446 g/mol. The van der Waals surface area contributed by atoms with Crippen LogP contribution in [0.15, 0.2) is 23.2 Å². The van der Waals surface area contributed by atoms with Gasteiger partial charge in [-0.15, -0.1) is 0 Å². The maximum Gasteiger partial charge on any atom is 0.325 e. The summed E-state index contributed by atoms with van der Waals surface area (Å²) in [5.41, 5.74) is 13.6. The molecule has 9 nitrogen and oxygen atoms in total. The average Bonchev–Trinajstić information content (AvgIpc) is 2.81. The smallest absolute Gasteiger partial charge is 0.325 e. The molecule has 2 fully saturated rings. The Morgan fingerprint density at radius 2 is 1.94 bits per heavy atom. The van der Waals surface area contributed by atoms with E-state index in [2.05, 4.69) is 9.89 Å². The molecule has 1 amide bonds. The molecule has 0 bridgehead atoms. The number of ether oxygens (including phenoxy) is 2. The molecule has 4 N–H and O–H groups in total. The fraction of sp³-hybridized carbons (Fsp3) is 0.654. The van der Waals surface area contributed by atoms with E-state index in [0.29, 0.717) is 37.3 Å². The number of guanidine groups is 1. The van der Waals surface area contributed by atoms with Crippen molar-refractivity contribution in [1.29, 1.82) is 0 Å². The number of benzene rings is 1. The lowest BCUT2D eigenvalue weighted by atomic mass is 9.77. The predicted molar refractivity (Wildman–Crippen MR) is 134 cm³/mol. The van der Waals surface area contributed by atoms with Crippen LogP contribution in [0.3, 0.4) is 0 Å². The first-order valence-corrected chi connectivity index (χ1v) is 12.9. The van der Waals surface area contributed by atoms with E-state index in [1.165, 1.54) is 25.7 Å². The van der Waals surface area contributed by atoms with E-state index in [1.807, 2.05) is 32.0 Å².